The van der Waals surface area contributed by atoms with Gasteiger partial charge in [-0.05, 0) is 12.1 Å². The maximum atomic E-state index is 8.98. The maximum Gasteiger partial charge on any atom is 0.0558 e. The van der Waals surface area contributed by atoms with Crippen molar-refractivity contribution in [2.75, 3.05) is 26.2 Å². The quantitative estimate of drug-likeness (QED) is 0.733. The van der Waals surface area contributed by atoms with E-state index in [1.807, 2.05) is 18.2 Å². The molecule has 0 saturated carbocycles. The molecule has 0 bridgehead atoms. The first-order valence-electron chi connectivity index (χ1n) is 5.43. The first-order valence-corrected chi connectivity index (χ1v) is 5.43. The minimum atomic E-state index is 0.178. The molecule has 84 valence electrons. The lowest BCUT2D eigenvalue weighted by Crippen LogP contribution is -2.35. The van der Waals surface area contributed by atoms with Crippen molar-refractivity contribution in [2.45, 2.75) is 13.0 Å². The van der Waals surface area contributed by atoms with E-state index in [2.05, 4.69) is 24.0 Å². The van der Waals surface area contributed by atoms with Crippen LogP contribution in [0.4, 0.5) is 0 Å². The molecule has 15 heavy (non-hydrogen) atoms. The molecule has 0 amide bonds. The Morgan fingerprint density at radius 2 is 2.00 bits per heavy atom. The highest BCUT2D eigenvalue weighted by atomic mass is 16.3. The van der Waals surface area contributed by atoms with Crippen LogP contribution in [0.3, 0.4) is 0 Å². The van der Waals surface area contributed by atoms with Gasteiger partial charge in [-0.15, -0.1) is 0 Å². The van der Waals surface area contributed by atoms with Crippen molar-refractivity contribution in [2.24, 2.45) is 5.73 Å². The third-order valence-electron chi connectivity index (χ3n) is 2.64. The maximum absolute atomic E-state index is 8.98. The summed E-state index contributed by atoms with van der Waals surface area (Å²) in [5, 5.41) is 8.98. The van der Waals surface area contributed by atoms with Crippen LogP contribution in [0.15, 0.2) is 30.3 Å². The highest BCUT2D eigenvalue weighted by Crippen LogP contribution is 2.18. The Morgan fingerprint density at radius 3 is 2.47 bits per heavy atom. The van der Waals surface area contributed by atoms with Gasteiger partial charge in [0.2, 0.25) is 0 Å². The van der Waals surface area contributed by atoms with Crippen LogP contribution in [0.2, 0.25) is 0 Å². The smallest absolute Gasteiger partial charge is 0.0558 e. The van der Waals surface area contributed by atoms with Gasteiger partial charge in [0.15, 0.2) is 0 Å². The SMILES string of the molecule is CCN(CCO)C(CN)c1ccccc1. The molecule has 0 aliphatic heterocycles. The second-order valence-electron chi connectivity index (χ2n) is 3.51. The fraction of sp³-hybridized carbons (Fsp3) is 0.500. The highest BCUT2D eigenvalue weighted by molar-refractivity contribution is 5.19. The van der Waals surface area contributed by atoms with E-state index >= 15 is 0 Å². The zero-order valence-electron chi connectivity index (χ0n) is 9.26. The number of hydrogen-bond acceptors (Lipinski definition) is 3. The van der Waals surface area contributed by atoms with Crippen molar-refractivity contribution in [3.05, 3.63) is 35.9 Å². The van der Waals surface area contributed by atoms with E-state index in [0.717, 1.165) is 6.54 Å². The van der Waals surface area contributed by atoms with Gasteiger partial charge in [-0.2, -0.15) is 0 Å². The summed E-state index contributed by atoms with van der Waals surface area (Å²) in [6.45, 7) is 4.42. The van der Waals surface area contributed by atoms with Crippen LogP contribution in [0.1, 0.15) is 18.5 Å². The number of likely N-dealkylation sites (N-methyl/N-ethyl adjacent to an activating group) is 1. The van der Waals surface area contributed by atoms with E-state index in [9.17, 15) is 0 Å². The lowest BCUT2D eigenvalue weighted by molar-refractivity contribution is 0.160. The fourth-order valence-corrected chi connectivity index (χ4v) is 1.83. The van der Waals surface area contributed by atoms with E-state index in [4.69, 9.17) is 10.8 Å². The van der Waals surface area contributed by atoms with Crippen LogP contribution in [-0.2, 0) is 0 Å². The monoisotopic (exact) mass is 208 g/mol. The van der Waals surface area contributed by atoms with Gasteiger partial charge in [-0.25, -0.2) is 0 Å². The Balaban J connectivity index is 2.77. The number of nitrogens with zero attached hydrogens (tertiary/aromatic N) is 1. The van der Waals surface area contributed by atoms with Gasteiger partial charge in [0.25, 0.3) is 0 Å². The average molecular weight is 208 g/mol. The molecule has 0 saturated heterocycles. The molecule has 0 aliphatic rings. The van der Waals surface area contributed by atoms with E-state index < -0.39 is 0 Å². The predicted octanol–water partition coefficient (Wildman–Crippen LogP) is 1.00. The zero-order chi connectivity index (χ0) is 11.1. The van der Waals surface area contributed by atoms with Crippen LogP contribution < -0.4 is 5.73 Å². The molecule has 1 aromatic carbocycles. The normalized spacial score (nSPS) is 13.1. The molecule has 0 aliphatic carbocycles. The lowest BCUT2D eigenvalue weighted by Gasteiger charge is -2.29. The van der Waals surface area contributed by atoms with Crippen molar-refractivity contribution in [3.63, 3.8) is 0 Å². The van der Waals surface area contributed by atoms with Crippen molar-refractivity contribution >= 4 is 0 Å². The summed E-state index contributed by atoms with van der Waals surface area (Å²) >= 11 is 0. The first kappa shape index (κ1) is 12.2. The Bertz CT molecular complexity index is 264. The minimum Gasteiger partial charge on any atom is -0.395 e. The molecular formula is C12H20N2O. The Morgan fingerprint density at radius 1 is 1.33 bits per heavy atom. The number of benzene rings is 1. The third kappa shape index (κ3) is 3.30. The number of rotatable bonds is 6. The van der Waals surface area contributed by atoms with Gasteiger partial charge in [-0.1, -0.05) is 37.3 Å². The summed E-state index contributed by atoms with van der Waals surface area (Å²) in [6.07, 6.45) is 0. The Hall–Kier alpha value is -0.900. The average Bonchev–Trinajstić information content (AvgIpc) is 2.30. The molecule has 3 heteroatoms. The fourth-order valence-electron chi connectivity index (χ4n) is 1.83. The number of aliphatic hydroxyl groups is 1. The van der Waals surface area contributed by atoms with Gasteiger partial charge in [0, 0.05) is 19.1 Å². The van der Waals surface area contributed by atoms with Gasteiger partial charge >= 0.3 is 0 Å². The largest absolute Gasteiger partial charge is 0.395 e. The van der Waals surface area contributed by atoms with E-state index in [1.54, 1.807) is 0 Å². The van der Waals surface area contributed by atoms with Crippen LogP contribution >= 0.6 is 0 Å². The molecule has 1 unspecified atom stereocenters. The number of aliphatic hydroxyl groups excluding tert-OH is 1. The molecule has 0 spiro atoms. The van der Waals surface area contributed by atoms with Crippen molar-refractivity contribution in [1.29, 1.82) is 0 Å². The summed E-state index contributed by atoms with van der Waals surface area (Å²) < 4.78 is 0. The van der Waals surface area contributed by atoms with Crippen LogP contribution in [0, 0.1) is 0 Å². The summed E-state index contributed by atoms with van der Waals surface area (Å²) in [4.78, 5) is 2.19. The molecule has 3 nitrogen and oxygen atoms in total. The van der Waals surface area contributed by atoms with Crippen LogP contribution in [0.25, 0.3) is 0 Å². The second-order valence-corrected chi connectivity index (χ2v) is 3.51. The number of hydrogen-bond donors (Lipinski definition) is 2. The molecule has 0 radical (unpaired) electrons. The molecule has 1 atom stereocenters. The second kappa shape index (κ2) is 6.56. The van der Waals surface area contributed by atoms with Gasteiger partial charge < -0.3 is 10.8 Å². The third-order valence-corrected chi connectivity index (χ3v) is 2.64. The van der Waals surface area contributed by atoms with Crippen LogP contribution in [0.5, 0.6) is 0 Å². The van der Waals surface area contributed by atoms with Crippen molar-refractivity contribution in [1.82, 2.24) is 4.90 Å². The molecule has 1 aromatic rings. The van der Waals surface area contributed by atoms with Gasteiger partial charge in [0.1, 0.15) is 0 Å². The molecule has 0 aromatic heterocycles. The standard InChI is InChI=1S/C12H20N2O/c1-2-14(8-9-15)12(10-13)11-6-4-3-5-7-11/h3-7,12,15H,2,8-10,13H2,1H3. The summed E-state index contributed by atoms with van der Waals surface area (Å²) in [7, 11) is 0. The summed E-state index contributed by atoms with van der Waals surface area (Å²) in [5.74, 6) is 0. The van der Waals surface area contributed by atoms with Gasteiger partial charge in [0.05, 0.1) is 6.61 Å². The Kier molecular flexibility index (Phi) is 5.32. The van der Waals surface area contributed by atoms with E-state index in [0.29, 0.717) is 13.1 Å². The molecule has 0 fully saturated rings. The van der Waals surface area contributed by atoms with Crippen LogP contribution in [-0.4, -0.2) is 36.2 Å². The summed E-state index contributed by atoms with van der Waals surface area (Å²) in [6, 6.07) is 10.4. The minimum absolute atomic E-state index is 0.178. The lowest BCUT2D eigenvalue weighted by atomic mass is 10.1. The Labute approximate surface area is 91.5 Å². The predicted molar refractivity (Wildman–Crippen MR) is 62.6 cm³/mol. The molecular weight excluding hydrogens is 188 g/mol. The van der Waals surface area contributed by atoms with E-state index in [-0.39, 0.29) is 12.6 Å². The molecule has 3 N–H and O–H groups in total. The van der Waals surface area contributed by atoms with Gasteiger partial charge in [-0.3, -0.25) is 4.90 Å². The first-order chi connectivity index (χ1) is 7.33. The van der Waals surface area contributed by atoms with Crippen molar-refractivity contribution < 1.29 is 5.11 Å². The summed E-state index contributed by atoms with van der Waals surface area (Å²) in [5.41, 5.74) is 7.01. The molecule has 1 rings (SSSR count). The zero-order valence-corrected chi connectivity index (χ0v) is 9.26. The van der Waals surface area contributed by atoms with E-state index in [1.165, 1.54) is 5.56 Å². The highest BCUT2D eigenvalue weighted by Gasteiger charge is 2.16. The number of nitrogens with two attached hydrogens (primary N) is 1. The topological polar surface area (TPSA) is 49.5 Å². The molecule has 0 heterocycles. The van der Waals surface area contributed by atoms with Crippen molar-refractivity contribution in [3.8, 4) is 0 Å².